The molecule has 2 heterocycles. The van der Waals surface area contributed by atoms with Crippen molar-refractivity contribution in [1.82, 2.24) is 14.8 Å². The summed E-state index contributed by atoms with van der Waals surface area (Å²) in [4.78, 5) is 28.7. The van der Waals surface area contributed by atoms with E-state index in [2.05, 4.69) is 24.1 Å². The van der Waals surface area contributed by atoms with Crippen molar-refractivity contribution in [2.45, 2.75) is 25.9 Å². The standard InChI is InChI=1S/C26H22N4O3/c1-15(2)16-7-9-17(10-8-16)22-25(31)28-24-20-5-3-4-6-21(20)27-23(30(24)29-22)18-11-13-19(14-12-18)26(32)33/h3-15,23,27H,1-2H3,(H,32,33). The first kappa shape index (κ1) is 20.6. The van der Waals surface area contributed by atoms with Crippen molar-refractivity contribution in [2.75, 3.05) is 5.32 Å². The maximum absolute atomic E-state index is 13.0. The molecule has 0 saturated carbocycles. The fourth-order valence-corrected chi connectivity index (χ4v) is 4.01. The van der Waals surface area contributed by atoms with E-state index in [0.29, 0.717) is 17.3 Å². The summed E-state index contributed by atoms with van der Waals surface area (Å²) in [6.45, 7) is 4.23. The second kappa shape index (κ2) is 8.02. The van der Waals surface area contributed by atoms with Crippen molar-refractivity contribution in [3.8, 4) is 22.6 Å². The molecular formula is C26H22N4O3. The first-order valence-electron chi connectivity index (χ1n) is 10.7. The summed E-state index contributed by atoms with van der Waals surface area (Å²) in [5.74, 6) is -0.141. The van der Waals surface area contributed by atoms with Crippen LogP contribution in [-0.2, 0) is 0 Å². The minimum Gasteiger partial charge on any atom is -0.478 e. The zero-order valence-electron chi connectivity index (χ0n) is 18.2. The van der Waals surface area contributed by atoms with Gasteiger partial charge in [0.25, 0.3) is 5.56 Å². The van der Waals surface area contributed by atoms with E-state index in [0.717, 1.165) is 16.8 Å². The number of nitrogens with zero attached hydrogens (tertiary/aromatic N) is 3. The molecule has 1 unspecified atom stereocenters. The van der Waals surface area contributed by atoms with Crippen molar-refractivity contribution in [3.63, 3.8) is 0 Å². The molecule has 1 aliphatic heterocycles. The van der Waals surface area contributed by atoms with Crippen LogP contribution in [0.1, 0.15) is 47.4 Å². The summed E-state index contributed by atoms with van der Waals surface area (Å²) >= 11 is 0. The molecule has 5 rings (SSSR count). The van der Waals surface area contributed by atoms with Gasteiger partial charge in [0, 0.05) is 16.8 Å². The zero-order valence-corrected chi connectivity index (χ0v) is 18.2. The average Bonchev–Trinajstić information content (AvgIpc) is 2.83. The SMILES string of the molecule is CC(C)c1ccc(-c2nn3c(nc2=O)-c2ccccc2NC3c2ccc(C(=O)O)cc2)cc1. The van der Waals surface area contributed by atoms with Crippen LogP contribution < -0.4 is 10.9 Å². The third-order valence-corrected chi connectivity index (χ3v) is 5.86. The lowest BCUT2D eigenvalue weighted by Crippen LogP contribution is -2.32. The van der Waals surface area contributed by atoms with Gasteiger partial charge in [0.1, 0.15) is 6.17 Å². The molecule has 2 N–H and O–H groups in total. The van der Waals surface area contributed by atoms with Gasteiger partial charge in [-0.2, -0.15) is 10.1 Å². The Balaban J connectivity index is 1.67. The average molecular weight is 438 g/mol. The Bertz CT molecular complexity index is 1410. The van der Waals surface area contributed by atoms with Crippen LogP contribution in [0, 0.1) is 0 Å². The normalized spacial score (nSPS) is 14.3. The summed E-state index contributed by atoms with van der Waals surface area (Å²) in [5, 5.41) is 17.4. The lowest BCUT2D eigenvalue weighted by molar-refractivity contribution is 0.0697. The number of hydrogen-bond donors (Lipinski definition) is 2. The molecule has 0 spiro atoms. The van der Waals surface area contributed by atoms with Gasteiger partial charge in [-0.3, -0.25) is 4.79 Å². The van der Waals surface area contributed by atoms with Crippen LogP contribution in [0.5, 0.6) is 0 Å². The van der Waals surface area contributed by atoms with Gasteiger partial charge < -0.3 is 10.4 Å². The molecule has 33 heavy (non-hydrogen) atoms. The monoisotopic (exact) mass is 438 g/mol. The number of carboxylic acid groups (broad SMARTS) is 1. The summed E-state index contributed by atoms with van der Waals surface area (Å²) < 4.78 is 1.70. The van der Waals surface area contributed by atoms with E-state index in [1.165, 1.54) is 5.56 Å². The molecule has 0 aliphatic carbocycles. The molecule has 0 fully saturated rings. The number of carboxylic acids is 1. The van der Waals surface area contributed by atoms with Crippen molar-refractivity contribution in [1.29, 1.82) is 0 Å². The summed E-state index contributed by atoms with van der Waals surface area (Å²) in [7, 11) is 0. The molecular weight excluding hydrogens is 416 g/mol. The highest BCUT2D eigenvalue weighted by Gasteiger charge is 2.28. The van der Waals surface area contributed by atoms with Gasteiger partial charge in [-0.15, -0.1) is 0 Å². The minimum atomic E-state index is -0.987. The molecule has 7 heteroatoms. The Morgan fingerprint density at radius 3 is 2.36 bits per heavy atom. The number of aromatic nitrogens is 3. The van der Waals surface area contributed by atoms with E-state index in [1.807, 2.05) is 48.5 Å². The van der Waals surface area contributed by atoms with Gasteiger partial charge in [0.15, 0.2) is 11.5 Å². The topological polar surface area (TPSA) is 97.1 Å². The number of benzene rings is 3. The quantitative estimate of drug-likeness (QED) is 0.477. The summed E-state index contributed by atoms with van der Waals surface area (Å²) in [5.41, 5.74) is 4.36. The van der Waals surface area contributed by atoms with Gasteiger partial charge in [-0.25, -0.2) is 9.48 Å². The largest absolute Gasteiger partial charge is 0.478 e. The number of para-hydroxylation sites is 1. The van der Waals surface area contributed by atoms with Crippen LogP contribution in [0.2, 0.25) is 0 Å². The number of rotatable bonds is 4. The lowest BCUT2D eigenvalue weighted by Gasteiger charge is -2.30. The van der Waals surface area contributed by atoms with Crippen LogP contribution in [0.15, 0.2) is 77.6 Å². The van der Waals surface area contributed by atoms with E-state index < -0.39 is 17.7 Å². The third-order valence-electron chi connectivity index (χ3n) is 5.86. The summed E-state index contributed by atoms with van der Waals surface area (Å²) in [6.07, 6.45) is -0.459. The van der Waals surface area contributed by atoms with Gasteiger partial charge in [-0.05, 0) is 41.3 Å². The van der Waals surface area contributed by atoms with Crippen LogP contribution in [-0.4, -0.2) is 25.8 Å². The van der Waals surface area contributed by atoms with Crippen LogP contribution in [0.3, 0.4) is 0 Å². The smallest absolute Gasteiger partial charge is 0.335 e. The van der Waals surface area contributed by atoms with Crippen molar-refractivity contribution >= 4 is 11.7 Å². The maximum Gasteiger partial charge on any atom is 0.335 e. The third kappa shape index (κ3) is 3.67. The Hall–Kier alpha value is -4.26. The molecule has 4 aromatic rings. The van der Waals surface area contributed by atoms with E-state index in [-0.39, 0.29) is 11.3 Å². The highest BCUT2D eigenvalue weighted by atomic mass is 16.4. The van der Waals surface area contributed by atoms with Gasteiger partial charge in [0.05, 0.1) is 5.56 Å². The van der Waals surface area contributed by atoms with Crippen LogP contribution in [0.25, 0.3) is 22.6 Å². The van der Waals surface area contributed by atoms with E-state index >= 15 is 0 Å². The number of nitrogens with one attached hydrogen (secondary N) is 1. The second-order valence-corrected chi connectivity index (χ2v) is 8.33. The second-order valence-electron chi connectivity index (χ2n) is 8.33. The van der Waals surface area contributed by atoms with Gasteiger partial charge >= 0.3 is 5.97 Å². The van der Waals surface area contributed by atoms with E-state index in [9.17, 15) is 14.7 Å². The van der Waals surface area contributed by atoms with Crippen LogP contribution >= 0.6 is 0 Å². The maximum atomic E-state index is 13.0. The van der Waals surface area contributed by atoms with E-state index in [1.54, 1.807) is 28.9 Å². The first-order valence-corrected chi connectivity index (χ1v) is 10.7. The fraction of sp³-hybridized carbons (Fsp3) is 0.154. The molecule has 7 nitrogen and oxygen atoms in total. The molecule has 0 saturated heterocycles. The number of hydrogen-bond acceptors (Lipinski definition) is 5. The first-order chi connectivity index (χ1) is 15.9. The predicted molar refractivity (Wildman–Crippen MR) is 126 cm³/mol. The van der Waals surface area contributed by atoms with Gasteiger partial charge in [-0.1, -0.05) is 62.4 Å². The highest BCUT2D eigenvalue weighted by molar-refractivity contribution is 5.87. The number of aromatic carboxylic acids is 1. The molecule has 0 bridgehead atoms. The molecule has 3 aromatic carbocycles. The molecule has 0 radical (unpaired) electrons. The Morgan fingerprint density at radius 2 is 1.70 bits per heavy atom. The Morgan fingerprint density at radius 1 is 1.00 bits per heavy atom. The van der Waals surface area contributed by atoms with Crippen molar-refractivity contribution in [3.05, 3.63) is 99.8 Å². The molecule has 0 amide bonds. The fourth-order valence-electron chi connectivity index (χ4n) is 4.01. The predicted octanol–water partition coefficient (Wildman–Crippen LogP) is 4.77. The lowest BCUT2D eigenvalue weighted by atomic mass is 10.0. The molecule has 1 aromatic heterocycles. The zero-order chi connectivity index (χ0) is 23.1. The number of fused-ring (bicyclic) bond motifs is 3. The van der Waals surface area contributed by atoms with E-state index in [4.69, 9.17) is 5.10 Å². The molecule has 1 atom stereocenters. The van der Waals surface area contributed by atoms with Crippen LogP contribution in [0.4, 0.5) is 5.69 Å². The minimum absolute atomic E-state index is 0.201. The molecule has 1 aliphatic rings. The van der Waals surface area contributed by atoms with Gasteiger partial charge in [0.2, 0.25) is 0 Å². The summed E-state index contributed by atoms with van der Waals surface area (Å²) in [6, 6.07) is 22.0. The Labute approximate surface area is 190 Å². The van der Waals surface area contributed by atoms with Crippen molar-refractivity contribution < 1.29 is 9.90 Å². The molecule has 164 valence electrons. The number of anilines is 1. The number of carbonyl (C=O) groups is 1. The Kier molecular flexibility index (Phi) is 5.01. The highest BCUT2D eigenvalue weighted by Crippen LogP contribution is 2.36. The van der Waals surface area contributed by atoms with Crippen molar-refractivity contribution in [2.24, 2.45) is 0 Å².